The van der Waals surface area contributed by atoms with Gasteiger partial charge in [-0.15, -0.1) is 11.8 Å². The third-order valence-corrected chi connectivity index (χ3v) is 4.16. The fourth-order valence-corrected chi connectivity index (χ4v) is 2.37. The van der Waals surface area contributed by atoms with Crippen molar-refractivity contribution in [2.24, 2.45) is 0 Å². The van der Waals surface area contributed by atoms with Crippen LogP contribution in [0.15, 0.2) is 29.2 Å². The standard InChI is InChI=1S/C15H23NO2S/c1-6-15(3,4)16-14(17)11(2)19-13-9-7-8-12(10-13)18-5/h7-11H,6H2,1-5H3,(H,16,17). The van der Waals surface area contributed by atoms with Gasteiger partial charge in [0, 0.05) is 10.4 Å². The summed E-state index contributed by atoms with van der Waals surface area (Å²) < 4.78 is 5.18. The molecule has 0 aliphatic heterocycles. The maximum Gasteiger partial charge on any atom is 0.233 e. The van der Waals surface area contributed by atoms with Crippen molar-refractivity contribution >= 4 is 17.7 Å². The van der Waals surface area contributed by atoms with E-state index in [1.54, 1.807) is 18.9 Å². The van der Waals surface area contributed by atoms with Crippen LogP contribution in [0.5, 0.6) is 5.75 Å². The highest BCUT2D eigenvalue weighted by Gasteiger charge is 2.22. The second kappa shape index (κ2) is 6.85. The van der Waals surface area contributed by atoms with Gasteiger partial charge in [0.15, 0.2) is 0 Å². The van der Waals surface area contributed by atoms with Crippen molar-refractivity contribution in [2.75, 3.05) is 7.11 Å². The molecule has 1 N–H and O–H groups in total. The maximum absolute atomic E-state index is 12.1. The van der Waals surface area contributed by atoms with E-state index in [2.05, 4.69) is 12.2 Å². The minimum Gasteiger partial charge on any atom is -0.497 e. The zero-order valence-corrected chi connectivity index (χ0v) is 13.1. The van der Waals surface area contributed by atoms with E-state index in [1.165, 1.54) is 0 Å². The predicted molar refractivity (Wildman–Crippen MR) is 80.8 cm³/mol. The van der Waals surface area contributed by atoms with E-state index in [1.807, 2.05) is 45.0 Å². The van der Waals surface area contributed by atoms with Crippen LogP contribution >= 0.6 is 11.8 Å². The lowest BCUT2D eigenvalue weighted by molar-refractivity contribution is -0.121. The molecule has 0 aliphatic rings. The second-order valence-corrected chi connectivity index (χ2v) is 6.58. The molecule has 1 aromatic rings. The molecular formula is C15H23NO2S. The summed E-state index contributed by atoms with van der Waals surface area (Å²) >= 11 is 1.54. The first-order valence-corrected chi connectivity index (χ1v) is 7.38. The Kier molecular flexibility index (Phi) is 5.73. The topological polar surface area (TPSA) is 38.3 Å². The van der Waals surface area contributed by atoms with Crippen molar-refractivity contribution in [3.63, 3.8) is 0 Å². The molecule has 0 saturated carbocycles. The van der Waals surface area contributed by atoms with Gasteiger partial charge in [0.2, 0.25) is 5.91 Å². The first kappa shape index (κ1) is 15.9. The first-order valence-electron chi connectivity index (χ1n) is 6.50. The first-order chi connectivity index (χ1) is 8.88. The van der Waals surface area contributed by atoms with Gasteiger partial charge in [-0.05, 0) is 45.4 Å². The number of amides is 1. The molecule has 0 fully saturated rings. The molecule has 0 spiro atoms. The number of methoxy groups -OCH3 is 1. The Morgan fingerprint density at radius 2 is 2.16 bits per heavy atom. The van der Waals surface area contributed by atoms with Crippen LogP contribution in [0.25, 0.3) is 0 Å². The molecule has 0 aromatic heterocycles. The van der Waals surface area contributed by atoms with Crippen molar-refractivity contribution in [3.05, 3.63) is 24.3 Å². The molecule has 106 valence electrons. The quantitative estimate of drug-likeness (QED) is 0.811. The van der Waals surface area contributed by atoms with Gasteiger partial charge in [0.05, 0.1) is 12.4 Å². The van der Waals surface area contributed by atoms with Crippen molar-refractivity contribution in [1.82, 2.24) is 5.32 Å². The number of carbonyl (C=O) groups is 1. The summed E-state index contributed by atoms with van der Waals surface area (Å²) in [6.45, 7) is 8.06. The molecule has 3 nitrogen and oxygen atoms in total. The Labute approximate surface area is 120 Å². The summed E-state index contributed by atoms with van der Waals surface area (Å²) in [5.74, 6) is 0.881. The van der Waals surface area contributed by atoms with Gasteiger partial charge in [-0.3, -0.25) is 4.79 Å². The van der Waals surface area contributed by atoms with Gasteiger partial charge >= 0.3 is 0 Å². The number of thioether (sulfide) groups is 1. The third-order valence-electron chi connectivity index (χ3n) is 3.07. The number of carbonyl (C=O) groups excluding carboxylic acids is 1. The molecule has 1 atom stereocenters. The minimum atomic E-state index is -0.152. The molecular weight excluding hydrogens is 258 g/mol. The fourth-order valence-electron chi connectivity index (χ4n) is 1.46. The molecule has 4 heteroatoms. The number of benzene rings is 1. The summed E-state index contributed by atoms with van der Waals surface area (Å²) in [5.41, 5.74) is -0.152. The Bertz CT molecular complexity index is 432. The monoisotopic (exact) mass is 281 g/mol. The second-order valence-electron chi connectivity index (χ2n) is 5.17. The molecule has 1 unspecified atom stereocenters. The Morgan fingerprint density at radius 3 is 2.74 bits per heavy atom. The molecule has 0 heterocycles. The van der Waals surface area contributed by atoms with Crippen molar-refractivity contribution in [2.45, 2.75) is 49.8 Å². The maximum atomic E-state index is 12.1. The van der Waals surface area contributed by atoms with E-state index in [4.69, 9.17) is 4.74 Å². The van der Waals surface area contributed by atoms with Crippen LogP contribution in [-0.2, 0) is 4.79 Å². The highest BCUT2D eigenvalue weighted by atomic mass is 32.2. The number of rotatable bonds is 6. The number of nitrogens with one attached hydrogen (secondary N) is 1. The van der Waals surface area contributed by atoms with Crippen LogP contribution in [0.3, 0.4) is 0 Å². The number of ether oxygens (including phenoxy) is 1. The van der Waals surface area contributed by atoms with Crippen LogP contribution < -0.4 is 10.1 Å². The van der Waals surface area contributed by atoms with Crippen LogP contribution in [0.4, 0.5) is 0 Å². The third kappa shape index (κ3) is 5.15. The molecule has 0 radical (unpaired) electrons. The van der Waals surface area contributed by atoms with Crippen molar-refractivity contribution in [3.8, 4) is 5.75 Å². The Hall–Kier alpha value is -1.16. The molecule has 1 aromatic carbocycles. The summed E-state index contributed by atoms with van der Waals surface area (Å²) in [6.07, 6.45) is 0.912. The summed E-state index contributed by atoms with van der Waals surface area (Å²) in [7, 11) is 1.64. The number of hydrogen-bond acceptors (Lipinski definition) is 3. The summed E-state index contributed by atoms with van der Waals surface area (Å²) in [4.78, 5) is 13.2. The molecule has 19 heavy (non-hydrogen) atoms. The number of hydrogen-bond donors (Lipinski definition) is 1. The van der Waals surface area contributed by atoms with Gasteiger partial charge in [0.25, 0.3) is 0 Å². The molecule has 0 bridgehead atoms. The normalized spacial score (nSPS) is 12.9. The van der Waals surface area contributed by atoms with Crippen molar-refractivity contribution < 1.29 is 9.53 Å². The van der Waals surface area contributed by atoms with Gasteiger partial charge in [-0.25, -0.2) is 0 Å². The van der Waals surface area contributed by atoms with Crippen LogP contribution in [0.1, 0.15) is 34.1 Å². The Balaban J connectivity index is 2.63. The lowest BCUT2D eigenvalue weighted by Crippen LogP contribution is -2.46. The molecule has 1 amide bonds. The highest BCUT2D eigenvalue weighted by molar-refractivity contribution is 8.00. The average Bonchev–Trinajstić information content (AvgIpc) is 2.38. The smallest absolute Gasteiger partial charge is 0.233 e. The van der Waals surface area contributed by atoms with Crippen molar-refractivity contribution in [1.29, 1.82) is 0 Å². The van der Waals surface area contributed by atoms with E-state index in [0.29, 0.717) is 0 Å². The van der Waals surface area contributed by atoms with Gasteiger partial charge in [-0.1, -0.05) is 13.0 Å². The molecule has 0 aliphatic carbocycles. The average molecular weight is 281 g/mol. The molecule has 1 rings (SSSR count). The highest BCUT2D eigenvalue weighted by Crippen LogP contribution is 2.27. The van der Waals surface area contributed by atoms with Gasteiger partial charge < -0.3 is 10.1 Å². The zero-order valence-electron chi connectivity index (χ0n) is 12.3. The largest absolute Gasteiger partial charge is 0.497 e. The van der Waals surface area contributed by atoms with E-state index in [9.17, 15) is 4.79 Å². The fraction of sp³-hybridized carbons (Fsp3) is 0.533. The van der Waals surface area contributed by atoms with E-state index in [-0.39, 0.29) is 16.7 Å². The summed E-state index contributed by atoms with van der Waals surface area (Å²) in [5, 5.41) is 2.94. The summed E-state index contributed by atoms with van der Waals surface area (Å²) in [6, 6.07) is 7.76. The minimum absolute atomic E-state index is 0.0691. The lowest BCUT2D eigenvalue weighted by Gasteiger charge is -2.26. The van der Waals surface area contributed by atoms with E-state index in [0.717, 1.165) is 17.1 Å². The van der Waals surface area contributed by atoms with E-state index >= 15 is 0 Å². The van der Waals surface area contributed by atoms with E-state index < -0.39 is 0 Å². The lowest BCUT2D eigenvalue weighted by atomic mass is 10.0. The zero-order chi connectivity index (χ0) is 14.5. The predicted octanol–water partition coefficient (Wildman–Crippen LogP) is 3.48. The van der Waals surface area contributed by atoms with Gasteiger partial charge in [0.1, 0.15) is 5.75 Å². The Morgan fingerprint density at radius 1 is 1.47 bits per heavy atom. The van der Waals surface area contributed by atoms with Gasteiger partial charge in [-0.2, -0.15) is 0 Å². The molecule has 0 saturated heterocycles. The van der Waals surface area contributed by atoms with Crippen LogP contribution in [-0.4, -0.2) is 23.8 Å². The van der Waals surface area contributed by atoms with Crippen LogP contribution in [0, 0.1) is 0 Å². The van der Waals surface area contributed by atoms with Crippen LogP contribution in [0.2, 0.25) is 0 Å². The SMILES string of the molecule is CCC(C)(C)NC(=O)C(C)Sc1cccc(OC)c1.